The maximum Gasteiger partial charge on any atom is 0.115 e. The zero-order valence-electron chi connectivity index (χ0n) is 7.95. The first-order valence-corrected chi connectivity index (χ1v) is 5.47. The number of rotatable bonds is 3. The van der Waals surface area contributed by atoms with Crippen molar-refractivity contribution < 1.29 is 5.11 Å². The highest BCUT2D eigenvalue weighted by atomic mass is 32.2. The lowest BCUT2D eigenvalue weighted by atomic mass is 10.1. The van der Waals surface area contributed by atoms with Crippen LogP contribution in [-0.2, 0) is 6.42 Å². The summed E-state index contributed by atoms with van der Waals surface area (Å²) in [6.45, 7) is 1.97. The lowest BCUT2D eigenvalue weighted by molar-refractivity contribution is 0.473. The van der Waals surface area contributed by atoms with E-state index < -0.39 is 0 Å². The van der Waals surface area contributed by atoms with Crippen LogP contribution in [-0.4, -0.2) is 17.4 Å². The summed E-state index contributed by atoms with van der Waals surface area (Å²) in [5.41, 5.74) is 6.83. The number of phenolic OH excluding ortho intramolecular Hbond substituents is 1. The standard InChI is InChI=1S/C10H15NOS/c1-7(11)5-8-6-9(12)3-4-10(8)13-2/h3-4,6-7,12H,5,11H2,1-2H3. The Hall–Kier alpha value is -0.670. The summed E-state index contributed by atoms with van der Waals surface area (Å²) in [5.74, 6) is 0.313. The third-order valence-electron chi connectivity index (χ3n) is 1.81. The van der Waals surface area contributed by atoms with Gasteiger partial charge < -0.3 is 10.8 Å². The van der Waals surface area contributed by atoms with Gasteiger partial charge in [-0.2, -0.15) is 0 Å². The van der Waals surface area contributed by atoms with E-state index in [4.69, 9.17) is 5.73 Å². The van der Waals surface area contributed by atoms with Crippen LogP contribution in [0.4, 0.5) is 0 Å². The average Bonchev–Trinajstić information content (AvgIpc) is 2.03. The van der Waals surface area contributed by atoms with Crippen LogP contribution in [0.3, 0.4) is 0 Å². The number of thioether (sulfide) groups is 1. The van der Waals surface area contributed by atoms with E-state index in [0.29, 0.717) is 5.75 Å². The van der Waals surface area contributed by atoms with Gasteiger partial charge in [0, 0.05) is 10.9 Å². The highest BCUT2D eigenvalue weighted by Crippen LogP contribution is 2.25. The van der Waals surface area contributed by atoms with Crippen molar-refractivity contribution in [1.82, 2.24) is 0 Å². The Morgan fingerprint density at radius 1 is 1.54 bits per heavy atom. The smallest absolute Gasteiger partial charge is 0.115 e. The maximum absolute atomic E-state index is 9.30. The van der Waals surface area contributed by atoms with Gasteiger partial charge in [0.1, 0.15) is 5.75 Å². The first kappa shape index (κ1) is 10.4. The number of phenols is 1. The molecule has 3 heteroatoms. The molecular formula is C10H15NOS. The topological polar surface area (TPSA) is 46.2 Å². The molecule has 0 saturated heterocycles. The monoisotopic (exact) mass is 197 g/mol. The van der Waals surface area contributed by atoms with Gasteiger partial charge in [-0.1, -0.05) is 0 Å². The van der Waals surface area contributed by atoms with Crippen LogP contribution in [0, 0.1) is 0 Å². The molecule has 0 spiro atoms. The summed E-state index contributed by atoms with van der Waals surface area (Å²) >= 11 is 1.68. The fourth-order valence-electron chi connectivity index (χ4n) is 1.27. The van der Waals surface area contributed by atoms with Gasteiger partial charge in [-0.05, 0) is 43.4 Å². The molecule has 72 valence electrons. The van der Waals surface area contributed by atoms with Gasteiger partial charge in [0.05, 0.1) is 0 Å². The second-order valence-corrected chi connectivity index (χ2v) is 4.03. The molecule has 0 aliphatic rings. The lowest BCUT2D eigenvalue weighted by Gasteiger charge is -2.09. The van der Waals surface area contributed by atoms with Crippen LogP contribution in [0.15, 0.2) is 23.1 Å². The second kappa shape index (κ2) is 4.53. The predicted molar refractivity (Wildman–Crippen MR) is 57.2 cm³/mol. The largest absolute Gasteiger partial charge is 0.508 e. The van der Waals surface area contributed by atoms with Gasteiger partial charge in [-0.3, -0.25) is 0 Å². The fraction of sp³-hybridized carbons (Fsp3) is 0.400. The van der Waals surface area contributed by atoms with Gasteiger partial charge in [0.25, 0.3) is 0 Å². The molecule has 0 bridgehead atoms. The Kier molecular flexibility index (Phi) is 3.63. The van der Waals surface area contributed by atoms with Crippen LogP contribution >= 0.6 is 11.8 Å². The van der Waals surface area contributed by atoms with Crippen LogP contribution in [0.25, 0.3) is 0 Å². The quantitative estimate of drug-likeness (QED) is 0.729. The molecule has 0 aliphatic carbocycles. The summed E-state index contributed by atoms with van der Waals surface area (Å²) in [4.78, 5) is 1.19. The van der Waals surface area contributed by atoms with E-state index in [-0.39, 0.29) is 6.04 Å². The first-order chi connectivity index (χ1) is 6.13. The molecule has 3 N–H and O–H groups in total. The SMILES string of the molecule is CSc1ccc(O)cc1CC(C)N. The third-order valence-corrected chi connectivity index (χ3v) is 2.64. The van der Waals surface area contributed by atoms with E-state index in [2.05, 4.69) is 0 Å². The molecular weight excluding hydrogens is 182 g/mol. The molecule has 2 nitrogen and oxygen atoms in total. The molecule has 0 heterocycles. The van der Waals surface area contributed by atoms with Crippen molar-refractivity contribution in [3.63, 3.8) is 0 Å². The summed E-state index contributed by atoms with van der Waals surface area (Å²) in [6, 6.07) is 5.55. The Balaban J connectivity index is 2.94. The first-order valence-electron chi connectivity index (χ1n) is 4.25. The zero-order valence-corrected chi connectivity index (χ0v) is 8.77. The zero-order chi connectivity index (χ0) is 9.84. The van der Waals surface area contributed by atoms with Crippen molar-refractivity contribution in [2.45, 2.75) is 24.3 Å². The molecule has 1 unspecified atom stereocenters. The number of hydrogen-bond donors (Lipinski definition) is 2. The van der Waals surface area contributed by atoms with E-state index in [1.54, 1.807) is 23.9 Å². The van der Waals surface area contributed by atoms with Gasteiger partial charge >= 0.3 is 0 Å². The summed E-state index contributed by atoms with van der Waals surface area (Å²) in [5, 5.41) is 9.30. The number of nitrogens with two attached hydrogens (primary N) is 1. The van der Waals surface area contributed by atoms with Crippen molar-refractivity contribution in [3.8, 4) is 5.75 Å². The van der Waals surface area contributed by atoms with E-state index in [0.717, 1.165) is 12.0 Å². The third kappa shape index (κ3) is 2.94. The molecule has 1 atom stereocenters. The minimum absolute atomic E-state index is 0.132. The molecule has 0 fully saturated rings. The molecule has 0 aromatic heterocycles. The van der Waals surface area contributed by atoms with E-state index in [9.17, 15) is 5.11 Å². The van der Waals surface area contributed by atoms with Crippen LogP contribution in [0.2, 0.25) is 0 Å². The minimum Gasteiger partial charge on any atom is -0.508 e. The maximum atomic E-state index is 9.30. The normalized spacial score (nSPS) is 12.8. The Morgan fingerprint density at radius 3 is 2.77 bits per heavy atom. The molecule has 0 radical (unpaired) electrons. The molecule has 0 aliphatic heterocycles. The average molecular weight is 197 g/mol. The molecule has 1 aromatic rings. The second-order valence-electron chi connectivity index (χ2n) is 3.18. The fourth-order valence-corrected chi connectivity index (χ4v) is 1.88. The van der Waals surface area contributed by atoms with Crippen LogP contribution in [0.5, 0.6) is 5.75 Å². The molecule has 13 heavy (non-hydrogen) atoms. The van der Waals surface area contributed by atoms with E-state index >= 15 is 0 Å². The Morgan fingerprint density at radius 2 is 2.23 bits per heavy atom. The van der Waals surface area contributed by atoms with Crippen molar-refractivity contribution in [3.05, 3.63) is 23.8 Å². The molecule has 0 amide bonds. The summed E-state index contributed by atoms with van der Waals surface area (Å²) < 4.78 is 0. The number of hydrogen-bond acceptors (Lipinski definition) is 3. The van der Waals surface area contributed by atoms with Crippen LogP contribution < -0.4 is 5.73 Å². The highest BCUT2D eigenvalue weighted by Gasteiger charge is 2.04. The van der Waals surface area contributed by atoms with Gasteiger partial charge in [-0.15, -0.1) is 11.8 Å². The Labute approximate surface area is 83.1 Å². The van der Waals surface area contributed by atoms with E-state index in [1.165, 1.54) is 4.90 Å². The highest BCUT2D eigenvalue weighted by molar-refractivity contribution is 7.98. The van der Waals surface area contributed by atoms with Crippen LogP contribution in [0.1, 0.15) is 12.5 Å². The van der Waals surface area contributed by atoms with Crippen molar-refractivity contribution in [1.29, 1.82) is 0 Å². The van der Waals surface area contributed by atoms with Gasteiger partial charge in [-0.25, -0.2) is 0 Å². The Bertz CT molecular complexity index is 286. The van der Waals surface area contributed by atoms with Crippen molar-refractivity contribution >= 4 is 11.8 Å². The van der Waals surface area contributed by atoms with Crippen molar-refractivity contribution in [2.24, 2.45) is 5.73 Å². The lowest BCUT2D eigenvalue weighted by Crippen LogP contribution is -2.18. The number of aromatic hydroxyl groups is 1. The molecule has 1 rings (SSSR count). The molecule has 0 saturated carbocycles. The predicted octanol–water partition coefficient (Wildman–Crippen LogP) is 2.00. The number of benzene rings is 1. The van der Waals surface area contributed by atoms with E-state index in [1.807, 2.05) is 19.2 Å². The van der Waals surface area contributed by atoms with Gasteiger partial charge in [0.2, 0.25) is 0 Å². The van der Waals surface area contributed by atoms with Crippen molar-refractivity contribution in [2.75, 3.05) is 6.26 Å². The molecule has 1 aromatic carbocycles. The van der Waals surface area contributed by atoms with Gasteiger partial charge in [0.15, 0.2) is 0 Å². The minimum atomic E-state index is 0.132. The summed E-state index contributed by atoms with van der Waals surface area (Å²) in [7, 11) is 0. The summed E-state index contributed by atoms with van der Waals surface area (Å²) in [6.07, 6.45) is 2.83.